The Bertz CT molecular complexity index is 248. The Hall–Kier alpha value is -0.860. The zero-order valence-electron chi connectivity index (χ0n) is 8.94. The van der Waals surface area contributed by atoms with Crippen LogP contribution in [-0.4, -0.2) is 19.8 Å². The van der Waals surface area contributed by atoms with E-state index in [2.05, 4.69) is 31.2 Å². The lowest BCUT2D eigenvalue weighted by molar-refractivity contribution is 0.169. The Kier molecular flexibility index (Phi) is 4.63. The van der Waals surface area contributed by atoms with Gasteiger partial charge in [0.15, 0.2) is 0 Å². The first kappa shape index (κ1) is 11.2. The second kappa shape index (κ2) is 5.78. The number of benzene rings is 1. The summed E-state index contributed by atoms with van der Waals surface area (Å²) >= 11 is 0. The zero-order chi connectivity index (χ0) is 10.4. The Balaban J connectivity index is 2.71. The van der Waals surface area contributed by atoms with Gasteiger partial charge in [-0.15, -0.1) is 0 Å². The molecule has 2 heteroatoms. The number of rotatable bonds is 5. The normalized spacial score (nSPS) is 15.1. The highest BCUT2D eigenvalue weighted by Crippen LogP contribution is 2.21. The summed E-state index contributed by atoms with van der Waals surface area (Å²) in [6.45, 7) is 2.78. The summed E-state index contributed by atoms with van der Waals surface area (Å²) < 4.78 is 5.08. The first-order valence-electron chi connectivity index (χ1n) is 5.09. The molecule has 0 aromatic heterocycles. The minimum absolute atomic E-state index is 0.0902. The van der Waals surface area contributed by atoms with Crippen molar-refractivity contribution >= 4 is 0 Å². The van der Waals surface area contributed by atoms with Crippen molar-refractivity contribution in [1.82, 2.24) is 0 Å². The lowest BCUT2D eigenvalue weighted by atomic mass is 9.90. The molecule has 0 saturated carbocycles. The van der Waals surface area contributed by atoms with Crippen molar-refractivity contribution in [3.8, 4) is 0 Å². The third-order valence-corrected chi connectivity index (χ3v) is 2.54. The van der Waals surface area contributed by atoms with Gasteiger partial charge in [-0.3, -0.25) is 0 Å². The van der Waals surface area contributed by atoms with Crippen LogP contribution in [0.5, 0.6) is 0 Å². The lowest BCUT2D eigenvalue weighted by Crippen LogP contribution is -2.32. The molecule has 1 aromatic carbocycles. The molecule has 0 amide bonds. The summed E-state index contributed by atoms with van der Waals surface area (Å²) in [4.78, 5) is 0. The number of methoxy groups -OCH3 is 1. The van der Waals surface area contributed by atoms with E-state index < -0.39 is 0 Å². The Labute approximate surface area is 86.1 Å². The average Bonchev–Trinajstić information content (AvgIpc) is 2.21. The number of hydrogen-bond acceptors (Lipinski definition) is 2. The molecule has 0 radical (unpaired) electrons. The molecular formula is C12H19NO. The lowest BCUT2D eigenvalue weighted by Gasteiger charge is -2.22. The molecule has 2 atom stereocenters. The third-order valence-electron chi connectivity index (χ3n) is 2.54. The van der Waals surface area contributed by atoms with Gasteiger partial charge in [-0.05, 0) is 12.0 Å². The molecule has 78 valence electrons. The van der Waals surface area contributed by atoms with E-state index in [4.69, 9.17) is 10.5 Å². The maximum absolute atomic E-state index is 6.05. The van der Waals surface area contributed by atoms with E-state index in [-0.39, 0.29) is 6.04 Å². The van der Waals surface area contributed by atoms with Crippen molar-refractivity contribution in [3.05, 3.63) is 35.9 Å². The van der Waals surface area contributed by atoms with Crippen LogP contribution in [0.25, 0.3) is 0 Å². The van der Waals surface area contributed by atoms with Crippen molar-refractivity contribution in [2.45, 2.75) is 25.3 Å². The maximum atomic E-state index is 6.05. The first-order valence-corrected chi connectivity index (χ1v) is 5.09. The highest BCUT2D eigenvalue weighted by molar-refractivity contribution is 5.21. The second-order valence-corrected chi connectivity index (χ2v) is 3.54. The molecule has 2 unspecified atom stereocenters. The molecule has 14 heavy (non-hydrogen) atoms. The minimum Gasteiger partial charge on any atom is -0.383 e. The van der Waals surface area contributed by atoms with Crippen LogP contribution in [0.1, 0.15) is 24.8 Å². The van der Waals surface area contributed by atoms with Gasteiger partial charge in [-0.2, -0.15) is 0 Å². The summed E-state index contributed by atoms with van der Waals surface area (Å²) in [6, 6.07) is 10.5. The summed E-state index contributed by atoms with van der Waals surface area (Å²) in [5.41, 5.74) is 7.35. The van der Waals surface area contributed by atoms with Gasteiger partial charge in [0.25, 0.3) is 0 Å². The summed E-state index contributed by atoms with van der Waals surface area (Å²) in [5.74, 6) is 0.399. The molecule has 0 fully saturated rings. The zero-order valence-corrected chi connectivity index (χ0v) is 8.94. The van der Waals surface area contributed by atoms with E-state index in [1.165, 1.54) is 5.56 Å². The van der Waals surface area contributed by atoms with Crippen LogP contribution in [0.4, 0.5) is 0 Å². The van der Waals surface area contributed by atoms with Gasteiger partial charge in [-0.1, -0.05) is 37.3 Å². The number of nitrogens with two attached hydrogens (primary N) is 1. The first-order chi connectivity index (χ1) is 6.79. The molecule has 0 bridgehead atoms. The summed E-state index contributed by atoms with van der Waals surface area (Å²) in [6.07, 6.45) is 1.05. The standard InChI is InChI=1S/C12H19NO/c1-3-11(12(13)9-14-2)10-7-5-4-6-8-10/h4-8,11-12H,3,9,13H2,1-2H3. The quantitative estimate of drug-likeness (QED) is 0.777. The number of hydrogen-bond donors (Lipinski definition) is 1. The van der Waals surface area contributed by atoms with E-state index in [1.807, 2.05) is 6.07 Å². The fourth-order valence-corrected chi connectivity index (χ4v) is 1.79. The van der Waals surface area contributed by atoms with Crippen LogP contribution in [-0.2, 0) is 4.74 Å². The van der Waals surface area contributed by atoms with Gasteiger partial charge < -0.3 is 10.5 Å². The fraction of sp³-hybridized carbons (Fsp3) is 0.500. The van der Waals surface area contributed by atoms with Gasteiger partial charge in [0.05, 0.1) is 6.61 Å². The summed E-state index contributed by atoms with van der Waals surface area (Å²) in [5, 5.41) is 0. The SMILES string of the molecule is CCC(c1ccccc1)C(N)COC. The molecule has 2 nitrogen and oxygen atoms in total. The Morgan fingerprint density at radius 3 is 2.43 bits per heavy atom. The van der Waals surface area contributed by atoms with Gasteiger partial charge >= 0.3 is 0 Å². The van der Waals surface area contributed by atoms with Crippen LogP contribution >= 0.6 is 0 Å². The average molecular weight is 193 g/mol. The van der Waals surface area contributed by atoms with Crippen LogP contribution in [0.2, 0.25) is 0 Å². The van der Waals surface area contributed by atoms with Crippen LogP contribution in [0, 0.1) is 0 Å². The smallest absolute Gasteiger partial charge is 0.0619 e. The molecule has 2 N–H and O–H groups in total. The largest absolute Gasteiger partial charge is 0.383 e. The molecule has 0 aliphatic carbocycles. The molecule has 0 heterocycles. The summed E-state index contributed by atoms with van der Waals surface area (Å²) in [7, 11) is 1.69. The minimum atomic E-state index is 0.0902. The monoisotopic (exact) mass is 193 g/mol. The molecule has 1 aromatic rings. The van der Waals surface area contributed by atoms with Gasteiger partial charge in [0.1, 0.15) is 0 Å². The highest BCUT2D eigenvalue weighted by Gasteiger charge is 2.17. The van der Waals surface area contributed by atoms with Crippen molar-refractivity contribution in [3.63, 3.8) is 0 Å². The maximum Gasteiger partial charge on any atom is 0.0619 e. The van der Waals surface area contributed by atoms with Gasteiger partial charge in [-0.25, -0.2) is 0 Å². The van der Waals surface area contributed by atoms with E-state index in [0.29, 0.717) is 12.5 Å². The molecule has 0 saturated heterocycles. The molecule has 0 aliphatic heterocycles. The van der Waals surface area contributed by atoms with Crippen molar-refractivity contribution in [2.24, 2.45) is 5.73 Å². The predicted octanol–water partition coefficient (Wildman–Crippen LogP) is 2.15. The molecule has 0 aliphatic rings. The van der Waals surface area contributed by atoms with Crippen molar-refractivity contribution < 1.29 is 4.74 Å². The van der Waals surface area contributed by atoms with E-state index >= 15 is 0 Å². The molecule has 0 spiro atoms. The Morgan fingerprint density at radius 2 is 1.93 bits per heavy atom. The van der Waals surface area contributed by atoms with Gasteiger partial charge in [0.2, 0.25) is 0 Å². The number of ether oxygens (including phenoxy) is 1. The van der Waals surface area contributed by atoms with E-state index in [9.17, 15) is 0 Å². The fourth-order valence-electron chi connectivity index (χ4n) is 1.79. The third kappa shape index (κ3) is 2.82. The van der Waals surface area contributed by atoms with E-state index in [1.54, 1.807) is 7.11 Å². The Morgan fingerprint density at radius 1 is 1.29 bits per heavy atom. The van der Waals surface area contributed by atoms with Crippen LogP contribution in [0.3, 0.4) is 0 Å². The van der Waals surface area contributed by atoms with Crippen molar-refractivity contribution in [2.75, 3.05) is 13.7 Å². The molecular weight excluding hydrogens is 174 g/mol. The van der Waals surface area contributed by atoms with Crippen molar-refractivity contribution in [1.29, 1.82) is 0 Å². The van der Waals surface area contributed by atoms with E-state index in [0.717, 1.165) is 6.42 Å². The van der Waals surface area contributed by atoms with Gasteiger partial charge in [0, 0.05) is 19.1 Å². The highest BCUT2D eigenvalue weighted by atomic mass is 16.5. The topological polar surface area (TPSA) is 35.2 Å². The second-order valence-electron chi connectivity index (χ2n) is 3.54. The van der Waals surface area contributed by atoms with Crippen LogP contribution in [0.15, 0.2) is 30.3 Å². The predicted molar refractivity (Wildman–Crippen MR) is 59.3 cm³/mol. The molecule has 1 rings (SSSR count). The van der Waals surface area contributed by atoms with Crippen LogP contribution < -0.4 is 5.73 Å².